The van der Waals surface area contributed by atoms with E-state index in [2.05, 4.69) is 13.0 Å². The predicted octanol–water partition coefficient (Wildman–Crippen LogP) is 2.42. The van der Waals surface area contributed by atoms with Gasteiger partial charge >= 0.3 is 0 Å². The molecule has 1 aromatic carbocycles. The van der Waals surface area contributed by atoms with Crippen molar-refractivity contribution in [3.05, 3.63) is 34.4 Å². The van der Waals surface area contributed by atoms with Gasteiger partial charge in [0.1, 0.15) is 5.78 Å². The highest BCUT2D eigenvalue weighted by molar-refractivity contribution is 5.97. The minimum Gasteiger partial charge on any atom is -0.338 e. The van der Waals surface area contributed by atoms with Gasteiger partial charge in [-0.15, -0.1) is 0 Å². The maximum atomic E-state index is 12.4. The van der Waals surface area contributed by atoms with Crippen molar-refractivity contribution in [3.63, 3.8) is 0 Å². The fourth-order valence-corrected chi connectivity index (χ4v) is 2.32. The van der Waals surface area contributed by atoms with Crippen molar-refractivity contribution >= 4 is 11.7 Å². The Balaban J connectivity index is 2.23. The molecule has 3 nitrogen and oxygen atoms in total. The predicted molar refractivity (Wildman–Crippen MR) is 70.8 cm³/mol. The Morgan fingerprint density at radius 1 is 1.00 bits per heavy atom. The minimum atomic E-state index is 0.0584. The summed E-state index contributed by atoms with van der Waals surface area (Å²) in [6.45, 7) is 7.16. The molecule has 0 radical (unpaired) electrons. The first-order chi connectivity index (χ1) is 8.49. The highest BCUT2D eigenvalue weighted by Gasteiger charge is 2.23. The van der Waals surface area contributed by atoms with Crippen LogP contribution in [0.4, 0.5) is 0 Å². The lowest BCUT2D eigenvalue weighted by molar-refractivity contribution is -0.120. The van der Waals surface area contributed by atoms with E-state index in [1.54, 1.807) is 4.90 Å². The molecule has 2 rings (SSSR count). The molecular weight excluding hydrogens is 226 g/mol. The van der Waals surface area contributed by atoms with Crippen LogP contribution in [0.25, 0.3) is 0 Å². The van der Waals surface area contributed by atoms with Crippen LogP contribution in [0.2, 0.25) is 0 Å². The van der Waals surface area contributed by atoms with Gasteiger partial charge < -0.3 is 4.90 Å². The molecule has 1 aromatic rings. The normalized spacial score (nSPS) is 15.9. The van der Waals surface area contributed by atoms with Gasteiger partial charge in [-0.25, -0.2) is 0 Å². The van der Waals surface area contributed by atoms with Crippen molar-refractivity contribution in [2.24, 2.45) is 0 Å². The topological polar surface area (TPSA) is 37.4 Å². The van der Waals surface area contributed by atoms with Crippen LogP contribution in [0.5, 0.6) is 0 Å². The number of likely N-dealkylation sites (tertiary alicyclic amines) is 1. The second-order valence-electron chi connectivity index (χ2n) is 5.08. The minimum absolute atomic E-state index is 0.0584. The Morgan fingerprint density at radius 2 is 1.56 bits per heavy atom. The van der Waals surface area contributed by atoms with Gasteiger partial charge in [-0.1, -0.05) is 6.07 Å². The van der Waals surface area contributed by atoms with Gasteiger partial charge in [-0.2, -0.15) is 0 Å². The van der Waals surface area contributed by atoms with Crippen LogP contribution in [0.1, 0.15) is 39.9 Å². The number of carbonyl (C=O) groups excluding carboxylic acids is 2. The van der Waals surface area contributed by atoms with Crippen molar-refractivity contribution in [1.29, 1.82) is 0 Å². The molecule has 0 N–H and O–H groups in total. The Morgan fingerprint density at radius 3 is 2.17 bits per heavy atom. The summed E-state index contributed by atoms with van der Waals surface area (Å²) in [6, 6.07) is 4.01. The molecule has 0 saturated carbocycles. The number of piperidine rings is 1. The zero-order valence-electron chi connectivity index (χ0n) is 11.2. The molecule has 1 amide bonds. The van der Waals surface area contributed by atoms with Gasteiger partial charge in [0.25, 0.3) is 5.91 Å². The van der Waals surface area contributed by atoms with E-state index in [1.807, 2.05) is 19.9 Å². The Labute approximate surface area is 108 Å². The van der Waals surface area contributed by atoms with E-state index in [-0.39, 0.29) is 11.7 Å². The Kier molecular flexibility index (Phi) is 3.50. The third-order valence-electron chi connectivity index (χ3n) is 3.68. The molecule has 1 heterocycles. The van der Waals surface area contributed by atoms with Crippen molar-refractivity contribution in [3.8, 4) is 0 Å². The number of rotatable bonds is 1. The summed E-state index contributed by atoms with van der Waals surface area (Å²) in [5, 5.41) is 0. The summed E-state index contributed by atoms with van der Waals surface area (Å²) in [5.74, 6) is 0.318. The van der Waals surface area contributed by atoms with Crippen LogP contribution < -0.4 is 0 Å². The fraction of sp³-hybridized carbons (Fsp3) is 0.467. The van der Waals surface area contributed by atoms with Gasteiger partial charge in [0.05, 0.1) is 0 Å². The average Bonchev–Trinajstić information content (AvgIpc) is 2.34. The van der Waals surface area contributed by atoms with Crippen molar-refractivity contribution in [2.75, 3.05) is 13.1 Å². The molecule has 18 heavy (non-hydrogen) atoms. The molecule has 3 heteroatoms. The molecule has 1 saturated heterocycles. The second kappa shape index (κ2) is 4.92. The molecule has 0 unspecified atom stereocenters. The van der Waals surface area contributed by atoms with Crippen LogP contribution in [0.3, 0.4) is 0 Å². The molecule has 0 aromatic heterocycles. The van der Waals surface area contributed by atoms with Crippen LogP contribution in [0.15, 0.2) is 12.1 Å². The van der Waals surface area contributed by atoms with Crippen molar-refractivity contribution in [1.82, 2.24) is 4.90 Å². The number of aryl methyl sites for hydroxylation is 3. The van der Waals surface area contributed by atoms with Gasteiger partial charge in [0, 0.05) is 31.5 Å². The SMILES string of the molecule is Cc1cc(C)c(C(=O)N2CCC(=O)CC2)cc1C. The molecule has 1 aliphatic rings. The van der Waals surface area contributed by atoms with E-state index >= 15 is 0 Å². The van der Waals surface area contributed by atoms with Crippen LogP contribution >= 0.6 is 0 Å². The Bertz CT molecular complexity index is 495. The monoisotopic (exact) mass is 245 g/mol. The van der Waals surface area contributed by atoms with Crippen LogP contribution in [0, 0.1) is 20.8 Å². The number of nitrogens with zero attached hydrogens (tertiary/aromatic N) is 1. The lowest BCUT2D eigenvalue weighted by Gasteiger charge is -2.27. The number of amides is 1. The highest BCUT2D eigenvalue weighted by atomic mass is 16.2. The first kappa shape index (κ1) is 12.8. The fourth-order valence-electron chi connectivity index (χ4n) is 2.32. The molecular formula is C15H19NO2. The number of carbonyl (C=O) groups is 2. The van der Waals surface area contributed by atoms with E-state index in [9.17, 15) is 9.59 Å². The van der Waals surface area contributed by atoms with Gasteiger partial charge in [-0.05, 0) is 43.5 Å². The lowest BCUT2D eigenvalue weighted by Crippen LogP contribution is -2.38. The largest absolute Gasteiger partial charge is 0.338 e. The summed E-state index contributed by atoms with van der Waals surface area (Å²) in [6.07, 6.45) is 0.991. The molecule has 0 spiro atoms. The van der Waals surface area contributed by atoms with E-state index in [0.29, 0.717) is 25.9 Å². The molecule has 1 aliphatic heterocycles. The van der Waals surface area contributed by atoms with E-state index in [0.717, 1.165) is 16.7 Å². The summed E-state index contributed by atoms with van der Waals surface area (Å²) >= 11 is 0. The van der Waals surface area contributed by atoms with Gasteiger partial charge in [0.2, 0.25) is 0 Å². The summed E-state index contributed by atoms with van der Waals surface area (Å²) in [4.78, 5) is 25.4. The first-order valence-corrected chi connectivity index (χ1v) is 6.38. The first-order valence-electron chi connectivity index (χ1n) is 6.38. The van der Waals surface area contributed by atoms with E-state index in [4.69, 9.17) is 0 Å². The van der Waals surface area contributed by atoms with Gasteiger partial charge in [-0.3, -0.25) is 9.59 Å². The number of hydrogen-bond donors (Lipinski definition) is 0. The third-order valence-corrected chi connectivity index (χ3v) is 3.68. The average molecular weight is 245 g/mol. The summed E-state index contributed by atoms with van der Waals surface area (Å²) in [7, 11) is 0. The molecule has 0 aliphatic carbocycles. The Hall–Kier alpha value is -1.64. The van der Waals surface area contributed by atoms with Gasteiger partial charge in [0.15, 0.2) is 0 Å². The quantitative estimate of drug-likeness (QED) is 0.762. The third kappa shape index (κ3) is 2.45. The van der Waals surface area contributed by atoms with Crippen LogP contribution in [-0.4, -0.2) is 29.7 Å². The smallest absolute Gasteiger partial charge is 0.254 e. The number of ketones is 1. The number of hydrogen-bond acceptors (Lipinski definition) is 2. The number of Topliss-reactive ketones (excluding diaryl/α,β-unsaturated/α-hetero) is 1. The maximum Gasteiger partial charge on any atom is 0.254 e. The van der Waals surface area contributed by atoms with E-state index in [1.165, 1.54) is 5.56 Å². The molecule has 1 fully saturated rings. The number of benzene rings is 1. The molecule has 0 atom stereocenters. The zero-order chi connectivity index (χ0) is 13.3. The summed E-state index contributed by atoms with van der Waals surface area (Å²) < 4.78 is 0. The summed E-state index contributed by atoms with van der Waals surface area (Å²) in [5.41, 5.74) is 4.13. The van der Waals surface area contributed by atoms with Crippen LogP contribution in [-0.2, 0) is 4.79 Å². The zero-order valence-corrected chi connectivity index (χ0v) is 11.2. The highest BCUT2D eigenvalue weighted by Crippen LogP contribution is 2.18. The maximum absolute atomic E-state index is 12.4. The van der Waals surface area contributed by atoms with Crippen molar-refractivity contribution in [2.45, 2.75) is 33.6 Å². The standard InChI is InChI=1S/C15H19NO2/c1-10-8-12(3)14(9-11(10)2)15(18)16-6-4-13(17)5-7-16/h8-9H,4-7H2,1-3H3. The lowest BCUT2D eigenvalue weighted by atomic mass is 9.99. The second-order valence-corrected chi connectivity index (χ2v) is 5.08. The molecule has 96 valence electrons. The molecule has 0 bridgehead atoms. The van der Waals surface area contributed by atoms with Crippen molar-refractivity contribution < 1.29 is 9.59 Å². The van der Waals surface area contributed by atoms with E-state index < -0.39 is 0 Å².